The molecule has 0 aromatic heterocycles. The third-order valence-electron chi connectivity index (χ3n) is 4.57. The van der Waals surface area contributed by atoms with Crippen molar-refractivity contribution in [2.75, 3.05) is 36.0 Å². The second-order valence-corrected chi connectivity index (χ2v) is 7.86. The van der Waals surface area contributed by atoms with E-state index in [0.717, 1.165) is 12.1 Å². The molecule has 0 spiro atoms. The van der Waals surface area contributed by atoms with Gasteiger partial charge in [-0.2, -0.15) is 18.4 Å². The molecule has 0 aliphatic carbocycles. The van der Waals surface area contributed by atoms with Gasteiger partial charge < -0.3 is 9.80 Å². The maximum Gasteiger partial charge on any atom is 0.418 e. The van der Waals surface area contributed by atoms with E-state index in [1.165, 1.54) is 12.1 Å². The predicted octanol–water partition coefficient (Wildman–Crippen LogP) is 2.55. The van der Waals surface area contributed by atoms with Crippen LogP contribution in [0, 0.1) is 11.3 Å². The van der Waals surface area contributed by atoms with Crippen molar-refractivity contribution < 1.29 is 21.6 Å². The van der Waals surface area contributed by atoms with E-state index in [0.29, 0.717) is 18.8 Å². The number of halogens is 3. The van der Waals surface area contributed by atoms with Crippen LogP contribution in [0.15, 0.2) is 47.4 Å². The summed E-state index contributed by atoms with van der Waals surface area (Å²) < 4.78 is 63.7. The van der Waals surface area contributed by atoms with E-state index >= 15 is 0 Å². The lowest BCUT2D eigenvalue weighted by molar-refractivity contribution is -0.137. The van der Waals surface area contributed by atoms with Gasteiger partial charge in [-0.3, -0.25) is 0 Å². The van der Waals surface area contributed by atoms with Crippen molar-refractivity contribution in [1.82, 2.24) is 0 Å². The van der Waals surface area contributed by atoms with Gasteiger partial charge in [-0.15, -0.1) is 0 Å². The number of para-hydroxylation sites is 1. The van der Waals surface area contributed by atoms with E-state index in [-0.39, 0.29) is 29.2 Å². The Morgan fingerprint density at radius 3 is 2.07 bits per heavy atom. The summed E-state index contributed by atoms with van der Waals surface area (Å²) in [7, 11) is -3.92. The van der Waals surface area contributed by atoms with Crippen LogP contribution in [0.1, 0.15) is 11.1 Å². The van der Waals surface area contributed by atoms with E-state index in [1.54, 1.807) is 28.0 Å². The molecule has 0 amide bonds. The number of primary sulfonamides is 1. The fourth-order valence-electron chi connectivity index (χ4n) is 3.25. The van der Waals surface area contributed by atoms with E-state index in [1.807, 2.05) is 6.07 Å². The monoisotopic (exact) mass is 410 g/mol. The molecule has 0 saturated carbocycles. The van der Waals surface area contributed by atoms with Crippen LogP contribution in [0.4, 0.5) is 24.5 Å². The largest absolute Gasteiger partial charge is 0.418 e. The first kappa shape index (κ1) is 20.0. The molecule has 148 valence electrons. The van der Waals surface area contributed by atoms with Crippen molar-refractivity contribution >= 4 is 21.4 Å². The Morgan fingerprint density at radius 2 is 1.54 bits per heavy atom. The van der Waals surface area contributed by atoms with Gasteiger partial charge in [0.05, 0.1) is 28.6 Å². The summed E-state index contributed by atoms with van der Waals surface area (Å²) in [6, 6.07) is 11.4. The zero-order valence-electron chi connectivity index (χ0n) is 14.6. The average Bonchev–Trinajstić information content (AvgIpc) is 2.66. The fourth-order valence-corrected chi connectivity index (χ4v) is 4.01. The number of anilines is 2. The summed E-state index contributed by atoms with van der Waals surface area (Å²) in [5.74, 6) is 0. The van der Waals surface area contributed by atoms with Gasteiger partial charge in [-0.1, -0.05) is 12.1 Å². The van der Waals surface area contributed by atoms with E-state index < -0.39 is 21.8 Å². The van der Waals surface area contributed by atoms with E-state index in [2.05, 4.69) is 0 Å². The lowest BCUT2D eigenvalue weighted by atomic mass is 10.1. The van der Waals surface area contributed by atoms with Gasteiger partial charge in [-0.05, 0) is 30.3 Å². The number of benzene rings is 2. The third-order valence-corrected chi connectivity index (χ3v) is 5.52. The summed E-state index contributed by atoms with van der Waals surface area (Å²) in [6.45, 7) is 1.08. The molecule has 1 aliphatic rings. The molecule has 2 N–H and O–H groups in total. The summed E-state index contributed by atoms with van der Waals surface area (Å²) in [5.41, 5.74) is -0.285. The highest BCUT2D eigenvalue weighted by atomic mass is 32.2. The summed E-state index contributed by atoms with van der Waals surface area (Å²) >= 11 is 0. The average molecular weight is 410 g/mol. The van der Waals surface area contributed by atoms with Crippen molar-refractivity contribution in [2.24, 2.45) is 5.14 Å². The highest BCUT2D eigenvalue weighted by Crippen LogP contribution is 2.38. The Morgan fingerprint density at radius 1 is 0.964 bits per heavy atom. The van der Waals surface area contributed by atoms with E-state index in [4.69, 9.17) is 10.4 Å². The molecule has 0 bridgehead atoms. The smallest absolute Gasteiger partial charge is 0.367 e. The van der Waals surface area contributed by atoms with Gasteiger partial charge in [-0.25, -0.2) is 13.6 Å². The Balaban J connectivity index is 1.87. The van der Waals surface area contributed by atoms with Crippen LogP contribution in [0.3, 0.4) is 0 Å². The van der Waals surface area contributed by atoms with Crippen molar-refractivity contribution in [1.29, 1.82) is 5.26 Å². The number of nitrogens with zero attached hydrogens (tertiary/aromatic N) is 3. The van der Waals surface area contributed by atoms with Gasteiger partial charge in [0.2, 0.25) is 10.0 Å². The second kappa shape index (κ2) is 7.33. The van der Waals surface area contributed by atoms with Crippen LogP contribution in [0.25, 0.3) is 0 Å². The standard InChI is InChI=1S/C18H17F3N4O2S/c19-18(20,21)14-6-5-13(12-22)11-16(14)25-9-7-24(8-10-25)15-3-1-2-4-17(15)28(23,26)27/h1-6,11H,7-10H2,(H2,23,26,27). The molecule has 1 fully saturated rings. The lowest BCUT2D eigenvalue weighted by Crippen LogP contribution is -2.47. The van der Waals surface area contributed by atoms with E-state index in [9.17, 15) is 21.6 Å². The molecule has 2 aromatic rings. The highest BCUT2D eigenvalue weighted by Gasteiger charge is 2.36. The molecule has 3 rings (SSSR count). The number of hydrogen-bond donors (Lipinski definition) is 1. The first-order chi connectivity index (χ1) is 13.1. The fraction of sp³-hybridized carbons (Fsp3) is 0.278. The van der Waals surface area contributed by atoms with Crippen molar-refractivity contribution in [3.05, 3.63) is 53.6 Å². The SMILES string of the molecule is N#Cc1ccc(C(F)(F)F)c(N2CCN(c3ccccc3S(N)(=O)=O)CC2)c1. The van der Waals surface area contributed by atoms with Crippen molar-refractivity contribution in [2.45, 2.75) is 11.1 Å². The lowest BCUT2D eigenvalue weighted by Gasteiger charge is -2.38. The van der Waals surface area contributed by atoms with Crippen LogP contribution in [-0.4, -0.2) is 34.6 Å². The van der Waals surface area contributed by atoms with Crippen LogP contribution in [0.2, 0.25) is 0 Å². The molecular weight excluding hydrogens is 393 g/mol. The van der Waals surface area contributed by atoms with Gasteiger partial charge in [0.25, 0.3) is 0 Å². The highest BCUT2D eigenvalue weighted by molar-refractivity contribution is 7.89. The molecule has 6 nitrogen and oxygen atoms in total. The van der Waals surface area contributed by atoms with Crippen molar-refractivity contribution in [3.8, 4) is 6.07 Å². The molecule has 0 unspecified atom stereocenters. The first-order valence-electron chi connectivity index (χ1n) is 8.34. The number of alkyl halides is 3. The Bertz CT molecular complexity index is 1020. The Labute approximate surface area is 160 Å². The number of hydrogen-bond acceptors (Lipinski definition) is 5. The maximum atomic E-state index is 13.4. The third kappa shape index (κ3) is 4.05. The molecular formula is C18H17F3N4O2S. The van der Waals surface area contributed by atoms with Crippen LogP contribution in [-0.2, 0) is 16.2 Å². The van der Waals surface area contributed by atoms with Crippen LogP contribution < -0.4 is 14.9 Å². The topological polar surface area (TPSA) is 90.4 Å². The van der Waals surface area contributed by atoms with Gasteiger partial charge in [0.1, 0.15) is 4.90 Å². The molecule has 1 aliphatic heterocycles. The first-order valence-corrected chi connectivity index (χ1v) is 9.89. The summed E-state index contributed by atoms with van der Waals surface area (Å²) in [5, 5.41) is 14.3. The van der Waals surface area contributed by atoms with Crippen LogP contribution >= 0.6 is 0 Å². The number of nitriles is 1. The summed E-state index contributed by atoms with van der Waals surface area (Å²) in [6.07, 6.45) is -4.54. The number of rotatable bonds is 3. The minimum atomic E-state index is -4.54. The predicted molar refractivity (Wildman–Crippen MR) is 98.4 cm³/mol. The Kier molecular flexibility index (Phi) is 5.23. The minimum absolute atomic E-state index is 0.0223. The maximum absolute atomic E-state index is 13.4. The quantitative estimate of drug-likeness (QED) is 0.840. The van der Waals surface area contributed by atoms with Gasteiger partial charge in [0, 0.05) is 26.2 Å². The van der Waals surface area contributed by atoms with Crippen molar-refractivity contribution in [3.63, 3.8) is 0 Å². The van der Waals surface area contributed by atoms with Crippen LogP contribution in [0.5, 0.6) is 0 Å². The minimum Gasteiger partial charge on any atom is -0.367 e. The molecule has 0 radical (unpaired) electrons. The molecule has 28 heavy (non-hydrogen) atoms. The Hall–Kier alpha value is -2.77. The van der Waals surface area contributed by atoms with Gasteiger partial charge in [0.15, 0.2) is 0 Å². The molecule has 0 atom stereocenters. The zero-order chi connectivity index (χ0) is 20.5. The molecule has 10 heteroatoms. The molecule has 2 aromatic carbocycles. The second-order valence-electron chi connectivity index (χ2n) is 6.33. The zero-order valence-corrected chi connectivity index (χ0v) is 15.5. The molecule has 1 saturated heterocycles. The number of piperazine rings is 1. The summed E-state index contributed by atoms with van der Waals surface area (Å²) in [4.78, 5) is 3.31. The molecule has 1 heterocycles. The number of nitrogens with two attached hydrogens (primary N) is 1. The van der Waals surface area contributed by atoms with Gasteiger partial charge >= 0.3 is 6.18 Å². The normalized spacial score (nSPS) is 15.4. The number of sulfonamides is 1.